The Morgan fingerprint density at radius 3 is 2.47 bits per heavy atom. The zero-order chi connectivity index (χ0) is 11.7. The third-order valence-electron chi connectivity index (χ3n) is 2.08. The molecule has 0 bridgehead atoms. The molecular formula is C8H12F3NO2S. The molecule has 1 rings (SSSR count). The molecule has 1 saturated heterocycles. The van der Waals surface area contributed by atoms with E-state index < -0.39 is 22.0 Å². The molecule has 88 valence electrons. The number of hydrogen-bond acceptors (Lipinski definition) is 2. The molecule has 1 heterocycles. The maximum Gasteiger partial charge on any atom is 0.404 e. The lowest BCUT2D eigenvalue weighted by Crippen LogP contribution is -2.42. The molecule has 0 aromatic rings. The van der Waals surface area contributed by atoms with Gasteiger partial charge >= 0.3 is 6.18 Å². The lowest BCUT2D eigenvalue weighted by Gasteiger charge is -2.27. The predicted octanol–water partition coefficient (Wildman–Crippen LogP) is 1.38. The van der Waals surface area contributed by atoms with E-state index in [0.717, 1.165) is 4.31 Å². The summed E-state index contributed by atoms with van der Waals surface area (Å²) in [6.45, 7) is 3.75. The van der Waals surface area contributed by atoms with Crippen molar-refractivity contribution in [3.8, 4) is 0 Å². The molecule has 0 saturated carbocycles. The van der Waals surface area contributed by atoms with Gasteiger partial charge in [0.05, 0.1) is 6.42 Å². The average molecular weight is 243 g/mol. The monoisotopic (exact) mass is 243 g/mol. The first-order chi connectivity index (χ1) is 6.71. The summed E-state index contributed by atoms with van der Waals surface area (Å²) in [5, 5.41) is 0. The number of hydrogen-bond donors (Lipinski definition) is 0. The summed E-state index contributed by atoms with van der Waals surface area (Å²) in [5.41, 5.74) is 0. The van der Waals surface area contributed by atoms with Crippen LogP contribution in [0.2, 0.25) is 0 Å². The highest BCUT2D eigenvalue weighted by Gasteiger charge is 2.40. The Morgan fingerprint density at radius 1 is 1.40 bits per heavy atom. The highest BCUT2D eigenvalue weighted by atomic mass is 32.2. The summed E-state index contributed by atoms with van der Waals surface area (Å²) in [5.74, 6) is -1.13. The van der Waals surface area contributed by atoms with E-state index in [0.29, 0.717) is 18.8 Å². The molecular weight excluding hydrogens is 231 g/mol. The standard InChI is InChI=1S/C8H12F3NO2S/c1-7-3-2-4-12(5-7)15(13,14)6-8(9,10)11/h1-6H2. The first-order valence-electron chi connectivity index (χ1n) is 4.42. The van der Waals surface area contributed by atoms with E-state index in [9.17, 15) is 21.6 Å². The van der Waals surface area contributed by atoms with Crippen molar-refractivity contribution < 1.29 is 21.6 Å². The molecule has 0 aliphatic carbocycles. The average Bonchev–Trinajstić information content (AvgIpc) is 1.99. The van der Waals surface area contributed by atoms with E-state index in [1.165, 1.54) is 0 Å². The second-order valence-corrected chi connectivity index (χ2v) is 5.53. The van der Waals surface area contributed by atoms with E-state index in [1.54, 1.807) is 0 Å². The van der Waals surface area contributed by atoms with Crippen LogP contribution in [0.25, 0.3) is 0 Å². The normalized spacial score (nSPS) is 20.7. The lowest BCUT2D eigenvalue weighted by atomic mass is 10.0. The number of alkyl halides is 3. The molecule has 0 atom stereocenters. The smallest absolute Gasteiger partial charge is 0.212 e. The Balaban J connectivity index is 2.69. The summed E-state index contributed by atoms with van der Waals surface area (Å²) in [7, 11) is -4.23. The lowest BCUT2D eigenvalue weighted by molar-refractivity contribution is -0.107. The first kappa shape index (κ1) is 12.6. The molecule has 0 aromatic carbocycles. The third kappa shape index (κ3) is 3.90. The zero-order valence-corrected chi connectivity index (χ0v) is 8.86. The number of rotatable bonds is 2. The van der Waals surface area contributed by atoms with E-state index >= 15 is 0 Å². The van der Waals surface area contributed by atoms with Crippen LogP contribution in [-0.2, 0) is 10.0 Å². The van der Waals surface area contributed by atoms with E-state index in [1.807, 2.05) is 0 Å². The fourth-order valence-corrected chi connectivity index (χ4v) is 2.83. The van der Waals surface area contributed by atoms with Crippen molar-refractivity contribution in [2.24, 2.45) is 0 Å². The van der Waals surface area contributed by atoms with Gasteiger partial charge in [-0.15, -0.1) is 6.92 Å². The molecule has 7 heteroatoms. The molecule has 15 heavy (non-hydrogen) atoms. The highest BCUT2D eigenvalue weighted by Crippen LogP contribution is 2.24. The third-order valence-corrected chi connectivity index (χ3v) is 3.87. The van der Waals surface area contributed by atoms with Gasteiger partial charge in [0.2, 0.25) is 10.0 Å². The number of piperidine rings is 1. The maximum atomic E-state index is 12.0. The van der Waals surface area contributed by atoms with Crippen LogP contribution in [0.5, 0.6) is 0 Å². The Bertz CT molecular complexity index is 312. The number of nitrogens with zero attached hydrogens (tertiary/aromatic N) is 1. The van der Waals surface area contributed by atoms with Gasteiger partial charge in [0.15, 0.2) is 5.75 Å². The van der Waals surface area contributed by atoms with Crippen molar-refractivity contribution in [2.45, 2.75) is 19.0 Å². The SMILES string of the molecule is [CH2-][C+]1CCCN(S(=O)(=O)CC(F)(F)F)C1. The fraction of sp³-hybridized carbons (Fsp3) is 0.750. The molecule has 1 aliphatic rings. The van der Waals surface area contributed by atoms with E-state index in [2.05, 4.69) is 6.92 Å². The highest BCUT2D eigenvalue weighted by molar-refractivity contribution is 7.89. The minimum absolute atomic E-state index is 0.0123. The minimum atomic E-state index is -4.68. The van der Waals surface area contributed by atoms with Crippen LogP contribution in [0.3, 0.4) is 0 Å². The summed E-state index contributed by atoms with van der Waals surface area (Å²) >= 11 is 0. The van der Waals surface area contributed by atoms with Gasteiger partial charge in [-0.25, -0.2) is 8.42 Å². The minimum Gasteiger partial charge on any atom is -0.212 e. The summed E-state index contributed by atoms with van der Waals surface area (Å²) in [4.78, 5) is 0. The Morgan fingerprint density at radius 2 is 2.00 bits per heavy atom. The van der Waals surface area contributed by atoms with Crippen molar-refractivity contribution in [3.63, 3.8) is 0 Å². The van der Waals surface area contributed by atoms with Gasteiger partial charge in [0.1, 0.15) is 6.54 Å². The first-order valence-corrected chi connectivity index (χ1v) is 6.03. The van der Waals surface area contributed by atoms with Crippen molar-refractivity contribution in [1.82, 2.24) is 4.31 Å². The summed E-state index contributed by atoms with van der Waals surface area (Å²) in [6.07, 6.45) is -3.47. The van der Waals surface area contributed by atoms with Crippen LogP contribution in [0.15, 0.2) is 0 Å². The molecule has 1 aliphatic heterocycles. The largest absolute Gasteiger partial charge is 0.404 e. The van der Waals surface area contributed by atoms with Crippen molar-refractivity contribution in [2.75, 3.05) is 18.8 Å². The molecule has 0 spiro atoms. The molecule has 1 fully saturated rings. The van der Waals surface area contributed by atoms with Crippen LogP contribution >= 0.6 is 0 Å². The van der Waals surface area contributed by atoms with Gasteiger partial charge in [-0.05, 0) is 12.3 Å². The number of sulfonamides is 1. The topological polar surface area (TPSA) is 37.4 Å². The Kier molecular flexibility index (Phi) is 3.55. The summed E-state index contributed by atoms with van der Waals surface area (Å²) < 4.78 is 59.4. The molecule has 0 N–H and O–H groups in total. The van der Waals surface area contributed by atoms with Crippen LogP contribution in [-0.4, -0.2) is 37.7 Å². The van der Waals surface area contributed by atoms with Gasteiger partial charge in [0, 0.05) is 6.54 Å². The zero-order valence-electron chi connectivity index (χ0n) is 8.05. The van der Waals surface area contributed by atoms with Crippen molar-refractivity contribution in [1.29, 1.82) is 0 Å². The van der Waals surface area contributed by atoms with Crippen LogP contribution in [0.4, 0.5) is 13.2 Å². The fourth-order valence-electron chi connectivity index (χ4n) is 1.45. The van der Waals surface area contributed by atoms with Crippen LogP contribution in [0.1, 0.15) is 12.8 Å². The van der Waals surface area contributed by atoms with Crippen molar-refractivity contribution >= 4 is 10.0 Å². The van der Waals surface area contributed by atoms with Gasteiger partial charge in [-0.2, -0.15) is 17.5 Å². The number of halogens is 3. The van der Waals surface area contributed by atoms with Crippen molar-refractivity contribution in [3.05, 3.63) is 12.8 Å². The van der Waals surface area contributed by atoms with Gasteiger partial charge < -0.3 is 0 Å². The Labute approximate surface area is 87.3 Å². The second-order valence-electron chi connectivity index (χ2n) is 3.56. The van der Waals surface area contributed by atoms with E-state index in [4.69, 9.17) is 0 Å². The van der Waals surface area contributed by atoms with Gasteiger partial charge in [0.25, 0.3) is 0 Å². The molecule has 0 aromatic heterocycles. The van der Waals surface area contributed by atoms with Gasteiger partial charge in [-0.3, -0.25) is 0 Å². The molecule has 3 nitrogen and oxygen atoms in total. The maximum absolute atomic E-state index is 12.0. The van der Waals surface area contributed by atoms with Crippen LogP contribution < -0.4 is 0 Å². The predicted molar refractivity (Wildman–Crippen MR) is 49.2 cm³/mol. The van der Waals surface area contributed by atoms with Crippen LogP contribution in [0, 0.1) is 12.8 Å². The summed E-state index contributed by atoms with van der Waals surface area (Å²) in [6, 6.07) is 0. The molecule has 0 amide bonds. The molecule has 0 unspecified atom stereocenters. The quantitative estimate of drug-likeness (QED) is 0.687. The molecule has 0 radical (unpaired) electrons. The van der Waals surface area contributed by atoms with Gasteiger partial charge in [-0.1, -0.05) is 0 Å². The second kappa shape index (κ2) is 4.21. The Hall–Kier alpha value is -0.430. The van der Waals surface area contributed by atoms with E-state index in [-0.39, 0.29) is 13.1 Å².